The van der Waals surface area contributed by atoms with Crippen LogP contribution in [0.25, 0.3) is 5.52 Å². The fourth-order valence-corrected chi connectivity index (χ4v) is 2.69. The van der Waals surface area contributed by atoms with E-state index in [4.69, 9.17) is 4.74 Å². The van der Waals surface area contributed by atoms with E-state index in [1.807, 2.05) is 18.3 Å². The molecule has 1 saturated heterocycles. The summed E-state index contributed by atoms with van der Waals surface area (Å²) in [6, 6.07) is 6.09. The van der Waals surface area contributed by atoms with Crippen LogP contribution in [0.1, 0.15) is 5.82 Å². The van der Waals surface area contributed by atoms with E-state index in [0.29, 0.717) is 0 Å². The summed E-state index contributed by atoms with van der Waals surface area (Å²) in [7, 11) is 0. The first kappa shape index (κ1) is 11.2. The smallest absolute Gasteiger partial charge is 0.132 e. The minimum atomic E-state index is 0.224. The number of halogens is 1. The Hall–Kier alpha value is -0.910. The molecule has 1 aliphatic rings. The van der Waals surface area contributed by atoms with E-state index in [1.54, 1.807) is 0 Å². The van der Waals surface area contributed by atoms with Crippen molar-refractivity contribution in [1.82, 2.24) is 14.7 Å². The number of morpholine rings is 1. The van der Waals surface area contributed by atoms with E-state index >= 15 is 0 Å². The number of aromatic nitrogens is 2. The topological polar surface area (TPSA) is 38.6 Å². The Labute approximate surface area is 108 Å². The minimum Gasteiger partial charge on any atom is -0.375 e. The van der Waals surface area contributed by atoms with Gasteiger partial charge in [0.1, 0.15) is 10.4 Å². The van der Waals surface area contributed by atoms with E-state index in [1.165, 1.54) is 0 Å². The third-order valence-corrected chi connectivity index (χ3v) is 3.57. The zero-order valence-corrected chi connectivity index (χ0v) is 11.0. The third kappa shape index (κ3) is 2.22. The summed E-state index contributed by atoms with van der Waals surface area (Å²) in [6.45, 7) is 2.64. The Bertz CT molecular complexity index is 519. The maximum atomic E-state index is 5.71. The summed E-state index contributed by atoms with van der Waals surface area (Å²) in [5.41, 5.74) is 1.10. The number of fused-ring (bicyclic) bond motifs is 1. The van der Waals surface area contributed by atoms with Gasteiger partial charge in [-0.3, -0.25) is 0 Å². The first-order valence-electron chi connectivity index (χ1n) is 5.78. The largest absolute Gasteiger partial charge is 0.375 e. The zero-order valence-electron chi connectivity index (χ0n) is 9.40. The van der Waals surface area contributed by atoms with Gasteiger partial charge in [-0.1, -0.05) is 6.07 Å². The average molecular weight is 296 g/mol. The predicted octanol–water partition coefficient (Wildman–Crippen LogP) is 1.63. The van der Waals surface area contributed by atoms with Gasteiger partial charge in [0, 0.05) is 25.7 Å². The Balaban J connectivity index is 1.89. The summed E-state index contributed by atoms with van der Waals surface area (Å²) in [5, 5.41) is 3.34. The molecule has 0 aromatic carbocycles. The second-order valence-corrected chi connectivity index (χ2v) is 4.93. The normalized spacial score (nSPS) is 20.9. The van der Waals surface area contributed by atoms with Crippen molar-refractivity contribution in [3.05, 3.63) is 34.8 Å². The van der Waals surface area contributed by atoms with Crippen LogP contribution < -0.4 is 5.32 Å². The molecule has 0 amide bonds. The Morgan fingerprint density at radius 3 is 3.29 bits per heavy atom. The molecule has 90 valence electrons. The van der Waals surface area contributed by atoms with Gasteiger partial charge in [-0.15, -0.1) is 0 Å². The summed E-state index contributed by atoms with van der Waals surface area (Å²) in [6.07, 6.45) is 3.10. The zero-order chi connectivity index (χ0) is 11.7. The van der Waals surface area contributed by atoms with Gasteiger partial charge in [-0.05, 0) is 28.1 Å². The van der Waals surface area contributed by atoms with Crippen molar-refractivity contribution in [2.75, 3.05) is 19.7 Å². The molecule has 3 heterocycles. The molecule has 2 aromatic heterocycles. The molecule has 1 aliphatic heterocycles. The van der Waals surface area contributed by atoms with Crippen molar-refractivity contribution in [3.63, 3.8) is 0 Å². The maximum absolute atomic E-state index is 5.71. The van der Waals surface area contributed by atoms with Gasteiger partial charge in [-0.2, -0.15) is 0 Å². The molecule has 5 heteroatoms. The number of nitrogens with zero attached hydrogens (tertiary/aromatic N) is 2. The molecular weight excluding hydrogens is 282 g/mol. The third-order valence-electron chi connectivity index (χ3n) is 2.99. The van der Waals surface area contributed by atoms with Gasteiger partial charge in [-0.25, -0.2) is 4.98 Å². The van der Waals surface area contributed by atoms with Gasteiger partial charge >= 0.3 is 0 Å². The first-order chi connectivity index (χ1) is 8.34. The summed E-state index contributed by atoms with van der Waals surface area (Å²) < 4.78 is 8.72. The second kappa shape index (κ2) is 4.76. The highest BCUT2D eigenvalue weighted by Crippen LogP contribution is 2.19. The lowest BCUT2D eigenvalue weighted by atomic mass is 10.2. The predicted molar refractivity (Wildman–Crippen MR) is 69.2 cm³/mol. The number of rotatable bonds is 2. The Kier molecular flexibility index (Phi) is 3.13. The van der Waals surface area contributed by atoms with Crippen molar-refractivity contribution < 1.29 is 4.74 Å². The van der Waals surface area contributed by atoms with Gasteiger partial charge in [0.2, 0.25) is 0 Å². The highest BCUT2D eigenvalue weighted by molar-refractivity contribution is 9.10. The molecular formula is C12H14BrN3O. The van der Waals surface area contributed by atoms with E-state index in [-0.39, 0.29) is 6.10 Å². The average Bonchev–Trinajstić information content (AvgIpc) is 2.69. The Morgan fingerprint density at radius 1 is 1.53 bits per heavy atom. The molecule has 0 saturated carbocycles. The van der Waals surface area contributed by atoms with E-state index in [0.717, 1.165) is 42.1 Å². The van der Waals surface area contributed by atoms with Gasteiger partial charge in [0.05, 0.1) is 18.2 Å². The molecule has 1 N–H and O–H groups in total. The van der Waals surface area contributed by atoms with E-state index < -0.39 is 0 Å². The molecule has 0 spiro atoms. The highest BCUT2D eigenvalue weighted by atomic mass is 79.9. The number of imidazole rings is 1. The summed E-state index contributed by atoms with van der Waals surface area (Å²) in [4.78, 5) is 4.56. The van der Waals surface area contributed by atoms with E-state index in [9.17, 15) is 0 Å². The molecule has 1 atom stereocenters. The van der Waals surface area contributed by atoms with Crippen molar-refractivity contribution in [2.24, 2.45) is 0 Å². The van der Waals surface area contributed by atoms with Gasteiger partial charge in [0.15, 0.2) is 0 Å². The molecule has 4 nitrogen and oxygen atoms in total. The second-order valence-electron chi connectivity index (χ2n) is 4.18. The number of pyridine rings is 1. The number of ether oxygens (including phenoxy) is 1. The molecule has 2 aromatic rings. The monoisotopic (exact) mass is 295 g/mol. The fraction of sp³-hybridized carbons (Fsp3) is 0.417. The number of hydrogen-bond donors (Lipinski definition) is 1. The van der Waals surface area contributed by atoms with Crippen LogP contribution in [0.5, 0.6) is 0 Å². The molecule has 0 bridgehead atoms. The summed E-state index contributed by atoms with van der Waals surface area (Å²) >= 11 is 3.49. The van der Waals surface area contributed by atoms with Crippen molar-refractivity contribution >= 4 is 21.4 Å². The fourth-order valence-electron chi connectivity index (χ4n) is 2.16. The van der Waals surface area contributed by atoms with Crippen LogP contribution in [0.15, 0.2) is 29.0 Å². The molecule has 0 radical (unpaired) electrons. The Morgan fingerprint density at radius 2 is 2.47 bits per heavy atom. The first-order valence-corrected chi connectivity index (χ1v) is 6.57. The van der Waals surface area contributed by atoms with Crippen LogP contribution in [0.3, 0.4) is 0 Å². The van der Waals surface area contributed by atoms with E-state index in [2.05, 4.69) is 36.7 Å². The summed E-state index contributed by atoms with van der Waals surface area (Å²) in [5.74, 6) is 1.04. The van der Waals surface area contributed by atoms with Crippen LogP contribution in [-0.4, -0.2) is 35.2 Å². The number of hydrogen-bond acceptors (Lipinski definition) is 3. The van der Waals surface area contributed by atoms with Crippen LogP contribution in [-0.2, 0) is 11.2 Å². The molecule has 17 heavy (non-hydrogen) atoms. The van der Waals surface area contributed by atoms with Gasteiger partial charge < -0.3 is 14.5 Å². The molecule has 1 fully saturated rings. The molecule has 1 unspecified atom stereocenters. The molecule has 0 aliphatic carbocycles. The van der Waals surface area contributed by atoms with Crippen LogP contribution >= 0.6 is 15.9 Å². The minimum absolute atomic E-state index is 0.224. The standard InChI is InChI=1S/C12H14BrN3O/c13-12-10-3-1-2-5-16(10)11(15-12)7-9-8-14-4-6-17-9/h1-3,5,9,14H,4,6-8H2. The lowest BCUT2D eigenvalue weighted by Crippen LogP contribution is -2.39. The lowest BCUT2D eigenvalue weighted by Gasteiger charge is -2.22. The van der Waals surface area contributed by atoms with Crippen molar-refractivity contribution in [2.45, 2.75) is 12.5 Å². The lowest BCUT2D eigenvalue weighted by molar-refractivity contribution is 0.0279. The maximum Gasteiger partial charge on any atom is 0.132 e. The SMILES string of the molecule is Brc1nc(CC2CNCCO2)n2ccccc12. The van der Waals surface area contributed by atoms with Crippen LogP contribution in [0.4, 0.5) is 0 Å². The number of nitrogens with one attached hydrogen (secondary N) is 1. The van der Waals surface area contributed by atoms with Crippen LogP contribution in [0, 0.1) is 0 Å². The quantitative estimate of drug-likeness (QED) is 0.915. The molecule has 3 rings (SSSR count). The highest BCUT2D eigenvalue weighted by Gasteiger charge is 2.17. The van der Waals surface area contributed by atoms with Crippen molar-refractivity contribution in [1.29, 1.82) is 0 Å². The van der Waals surface area contributed by atoms with Crippen molar-refractivity contribution in [3.8, 4) is 0 Å². The van der Waals surface area contributed by atoms with Crippen LogP contribution in [0.2, 0.25) is 0 Å². The van der Waals surface area contributed by atoms with Gasteiger partial charge in [0.25, 0.3) is 0 Å².